The second-order valence-electron chi connectivity index (χ2n) is 6.61. The van der Waals surface area contributed by atoms with E-state index in [0.29, 0.717) is 23.6 Å². The first-order chi connectivity index (χ1) is 14.2. The Hall–Kier alpha value is -3.31. The number of nitrogens with zero attached hydrogens (tertiary/aromatic N) is 5. The second kappa shape index (κ2) is 8.80. The molecule has 2 N–H and O–H groups in total. The monoisotopic (exact) mass is 399 g/mol. The molecule has 1 aromatic carbocycles. The summed E-state index contributed by atoms with van der Waals surface area (Å²) in [6.45, 7) is 5.04. The van der Waals surface area contributed by atoms with Gasteiger partial charge in [-0.25, -0.2) is 9.61 Å². The van der Waals surface area contributed by atoms with Crippen LogP contribution in [0.4, 0.5) is 22.9 Å². The zero-order valence-electron chi connectivity index (χ0n) is 15.7. The Morgan fingerprint density at radius 2 is 2.00 bits per heavy atom. The minimum absolute atomic E-state index is 0.0895. The largest absolute Gasteiger partial charge is 0.383 e. The van der Waals surface area contributed by atoms with Crippen LogP contribution in [0.15, 0.2) is 35.1 Å². The first-order valence-corrected chi connectivity index (χ1v) is 9.38. The number of anilines is 3. The molecule has 0 bridgehead atoms. The molecule has 0 saturated carbocycles. The maximum absolute atomic E-state index is 11.7. The molecule has 4 rings (SSSR count). The topological polar surface area (TPSA) is 131 Å². The number of fused-ring (bicyclic) bond motifs is 1. The van der Waals surface area contributed by atoms with Gasteiger partial charge in [0.25, 0.3) is 0 Å². The molecule has 0 radical (unpaired) electrons. The molecule has 1 saturated heterocycles. The van der Waals surface area contributed by atoms with Gasteiger partial charge in [-0.15, -0.1) is 0 Å². The average molecular weight is 399 g/mol. The van der Waals surface area contributed by atoms with Crippen LogP contribution < -0.4 is 10.6 Å². The lowest BCUT2D eigenvalue weighted by molar-refractivity contribution is -0.382. The maximum Gasteiger partial charge on any atom is 0.324 e. The molecule has 0 amide bonds. The van der Waals surface area contributed by atoms with Crippen LogP contribution >= 0.6 is 0 Å². The lowest BCUT2D eigenvalue weighted by Gasteiger charge is -2.26. The number of pyridine rings is 1. The van der Waals surface area contributed by atoms with Gasteiger partial charge in [-0.2, -0.15) is 0 Å². The minimum Gasteiger partial charge on any atom is -0.383 e. The van der Waals surface area contributed by atoms with Crippen molar-refractivity contribution in [3.8, 4) is 0 Å². The molecule has 1 fully saturated rings. The summed E-state index contributed by atoms with van der Waals surface area (Å²) in [7, 11) is 0. The van der Waals surface area contributed by atoms with Gasteiger partial charge in [-0.05, 0) is 41.5 Å². The molecule has 2 aromatic heterocycles. The highest BCUT2D eigenvalue weighted by Gasteiger charge is 2.26. The molecule has 0 spiro atoms. The molecule has 11 heteroatoms. The number of aromatic nitrogens is 3. The Balaban J connectivity index is 1.54. The molecule has 1 aliphatic rings. The standard InChI is InChI=1S/C18H21N7O4/c26-25(27)18-14(21-15-4-1-2-5-20-15)12-13(16-17(18)23-29-22-16)19-6-3-7-24-8-10-28-11-9-24/h1-2,4-5,12,19H,3,6-11H2,(H,20,21). The summed E-state index contributed by atoms with van der Waals surface area (Å²) in [4.78, 5) is 17.7. The normalized spacial score (nSPS) is 14.8. The van der Waals surface area contributed by atoms with Crippen molar-refractivity contribution in [2.45, 2.75) is 6.42 Å². The molecule has 1 aliphatic heterocycles. The van der Waals surface area contributed by atoms with Crippen molar-refractivity contribution in [3.05, 3.63) is 40.6 Å². The number of nitro benzene ring substituents is 1. The van der Waals surface area contributed by atoms with E-state index >= 15 is 0 Å². The van der Waals surface area contributed by atoms with Gasteiger partial charge in [0, 0.05) is 25.8 Å². The van der Waals surface area contributed by atoms with Crippen molar-refractivity contribution < 1.29 is 14.3 Å². The minimum atomic E-state index is -0.500. The van der Waals surface area contributed by atoms with Crippen LogP contribution in [0.5, 0.6) is 0 Å². The number of hydrogen-bond donors (Lipinski definition) is 2. The molecule has 3 heterocycles. The highest BCUT2D eigenvalue weighted by atomic mass is 16.6. The molecule has 0 aliphatic carbocycles. The summed E-state index contributed by atoms with van der Waals surface area (Å²) in [6.07, 6.45) is 2.52. The van der Waals surface area contributed by atoms with E-state index in [-0.39, 0.29) is 16.9 Å². The van der Waals surface area contributed by atoms with Crippen LogP contribution in [0.25, 0.3) is 11.0 Å². The van der Waals surface area contributed by atoms with Gasteiger partial charge in [-0.1, -0.05) is 6.07 Å². The lowest BCUT2D eigenvalue weighted by Crippen LogP contribution is -2.37. The Morgan fingerprint density at radius 1 is 1.17 bits per heavy atom. The van der Waals surface area contributed by atoms with Gasteiger partial charge in [-0.3, -0.25) is 15.0 Å². The van der Waals surface area contributed by atoms with Gasteiger partial charge in [0.1, 0.15) is 11.5 Å². The molecular formula is C18H21N7O4. The van der Waals surface area contributed by atoms with Crippen LogP contribution in [-0.2, 0) is 4.74 Å². The Morgan fingerprint density at radius 3 is 2.76 bits per heavy atom. The van der Waals surface area contributed by atoms with E-state index in [4.69, 9.17) is 9.37 Å². The van der Waals surface area contributed by atoms with E-state index < -0.39 is 4.92 Å². The molecule has 0 unspecified atom stereocenters. The summed E-state index contributed by atoms with van der Waals surface area (Å²) in [5.41, 5.74) is 1.10. The summed E-state index contributed by atoms with van der Waals surface area (Å²) in [6, 6.07) is 6.94. The average Bonchev–Trinajstić information content (AvgIpc) is 3.22. The summed E-state index contributed by atoms with van der Waals surface area (Å²) >= 11 is 0. The third kappa shape index (κ3) is 4.41. The van der Waals surface area contributed by atoms with Crippen molar-refractivity contribution in [1.82, 2.24) is 20.2 Å². The number of benzene rings is 1. The first-order valence-electron chi connectivity index (χ1n) is 9.38. The van der Waals surface area contributed by atoms with Gasteiger partial charge < -0.3 is 15.4 Å². The summed E-state index contributed by atoms with van der Waals surface area (Å²) in [5, 5.41) is 25.6. The van der Waals surface area contributed by atoms with Crippen LogP contribution in [0.2, 0.25) is 0 Å². The van der Waals surface area contributed by atoms with Crippen molar-refractivity contribution in [2.24, 2.45) is 0 Å². The van der Waals surface area contributed by atoms with Crippen LogP contribution in [0, 0.1) is 10.1 Å². The van der Waals surface area contributed by atoms with Crippen molar-refractivity contribution in [3.63, 3.8) is 0 Å². The van der Waals surface area contributed by atoms with Crippen LogP contribution in [0.3, 0.4) is 0 Å². The maximum atomic E-state index is 11.7. The Bertz CT molecular complexity index is 973. The molecule has 11 nitrogen and oxygen atoms in total. The van der Waals surface area contributed by atoms with Crippen molar-refractivity contribution >= 4 is 33.9 Å². The highest BCUT2D eigenvalue weighted by molar-refractivity contribution is 6.00. The SMILES string of the molecule is O=[N+]([O-])c1c(Nc2ccccn2)cc(NCCCN2CCOCC2)c2nonc12. The van der Waals surface area contributed by atoms with Gasteiger partial charge in [0.05, 0.1) is 23.8 Å². The van der Waals surface area contributed by atoms with Gasteiger partial charge >= 0.3 is 5.69 Å². The van der Waals surface area contributed by atoms with Gasteiger partial charge in [0.15, 0.2) is 5.52 Å². The van der Waals surface area contributed by atoms with E-state index in [0.717, 1.165) is 39.3 Å². The summed E-state index contributed by atoms with van der Waals surface area (Å²) < 4.78 is 10.2. The highest BCUT2D eigenvalue weighted by Crippen LogP contribution is 2.37. The van der Waals surface area contributed by atoms with E-state index in [1.807, 2.05) is 0 Å². The molecule has 0 atom stereocenters. The van der Waals surface area contributed by atoms with E-state index in [2.05, 4.69) is 30.8 Å². The molecule has 29 heavy (non-hydrogen) atoms. The molecule has 152 valence electrons. The van der Waals surface area contributed by atoms with E-state index in [1.165, 1.54) is 0 Å². The number of rotatable bonds is 8. The third-order valence-electron chi connectivity index (χ3n) is 4.69. The smallest absolute Gasteiger partial charge is 0.324 e. The van der Waals surface area contributed by atoms with Gasteiger partial charge in [0.2, 0.25) is 5.52 Å². The predicted octanol–water partition coefficient (Wildman–Crippen LogP) is 2.40. The summed E-state index contributed by atoms with van der Waals surface area (Å²) in [5.74, 6) is 0.490. The predicted molar refractivity (Wildman–Crippen MR) is 106 cm³/mol. The zero-order valence-corrected chi connectivity index (χ0v) is 15.7. The second-order valence-corrected chi connectivity index (χ2v) is 6.61. The third-order valence-corrected chi connectivity index (χ3v) is 4.69. The number of nitrogens with one attached hydrogen (secondary N) is 2. The zero-order chi connectivity index (χ0) is 20.1. The van der Waals surface area contributed by atoms with E-state index in [1.54, 1.807) is 30.5 Å². The van der Waals surface area contributed by atoms with Crippen molar-refractivity contribution in [1.29, 1.82) is 0 Å². The van der Waals surface area contributed by atoms with Crippen molar-refractivity contribution in [2.75, 3.05) is 50.0 Å². The first kappa shape index (κ1) is 19.0. The number of hydrogen-bond acceptors (Lipinski definition) is 10. The fourth-order valence-corrected chi connectivity index (χ4v) is 3.27. The fraction of sp³-hybridized carbons (Fsp3) is 0.389. The number of nitro groups is 1. The fourth-order valence-electron chi connectivity index (χ4n) is 3.27. The Kier molecular flexibility index (Phi) is 5.77. The van der Waals surface area contributed by atoms with E-state index in [9.17, 15) is 10.1 Å². The van der Waals surface area contributed by atoms with Crippen LogP contribution in [0.1, 0.15) is 6.42 Å². The lowest BCUT2D eigenvalue weighted by atomic mass is 10.2. The number of morpholine rings is 1. The molecule has 3 aromatic rings. The number of ether oxygens (including phenoxy) is 1. The molecular weight excluding hydrogens is 378 g/mol. The van der Waals surface area contributed by atoms with Crippen LogP contribution in [-0.4, -0.2) is 64.5 Å². The quantitative estimate of drug-likeness (QED) is 0.330. The Labute approximate surface area is 166 Å².